The van der Waals surface area contributed by atoms with Crippen LogP contribution in [-0.4, -0.2) is 54.0 Å². The zero-order chi connectivity index (χ0) is 13.2. The summed E-state index contributed by atoms with van der Waals surface area (Å²) >= 11 is 0. The molecule has 0 aliphatic carbocycles. The summed E-state index contributed by atoms with van der Waals surface area (Å²) in [5.74, 6) is -3.31. The third-order valence-corrected chi connectivity index (χ3v) is 4.18. The first-order chi connectivity index (χ1) is 7.74. The van der Waals surface area contributed by atoms with Crippen molar-refractivity contribution in [1.82, 2.24) is 9.62 Å². The molecule has 2 amide bonds. The molecule has 0 spiro atoms. The molecule has 17 heavy (non-hydrogen) atoms. The van der Waals surface area contributed by atoms with Crippen LogP contribution in [0.15, 0.2) is 0 Å². The number of nitrogens with zero attached hydrogens (tertiary/aromatic N) is 1. The zero-order valence-corrected chi connectivity index (χ0v) is 9.86. The van der Waals surface area contributed by atoms with Crippen molar-refractivity contribution in [2.75, 3.05) is 12.3 Å². The van der Waals surface area contributed by atoms with E-state index in [1.165, 1.54) is 6.92 Å². The van der Waals surface area contributed by atoms with Gasteiger partial charge in [-0.3, -0.25) is 19.7 Å². The summed E-state index contributed by atoms with van der Waals surface area (Å²) in [4.78, 5) is 32.6. The van der Waals surface area contributed by atoms with Gasteiger partial charge in [-0.2, -0.15) is 4.31 Å². The number of imide groups is 1. The number of nitrogens with one attached hydrogen (secondary N) is 1. The molecule has 1 unspecified atom stereocenters. The predicted molar refractivity (Wildman–Crippen MR) is 55.4 cm³/mol. The quantitative estimate of drug-likeness (QED) is 0.574. The van der Waals surface area contributed by atoms with Crippen molar-refractivity contribution in [3.63, 3.8) is 0 Å². The molecule has 9 heteroatoms. The van der Waals surface area contributed by atoms with Gasteiger partial charge in [-0.1, -0.05) is 0 Å². The van der Waals surface area contributed by atoms with E-state index in [1.54, 1.807) is 0 Å². The van der Waals surface area contributed by atoms with E-state index in [0.29, 0.717) is 0 Å². The molecule has 0 aromatic rings. The molecule has 8 nitrogen and oxygen atoms in total. The molecule has 2 N–H and O–H groups in total. The maximum absolute atomic E-state index is 11.7. The summed E-state index contributed by atoms with van der Waals surface area (Å²) < 4.78 is 24.2. The summed E-state index contributed by atoms with van der Waals surface area (Å²) in [6.07, 6.45) is -0.568. The normalized spacial score (nSPS) is 22.3. The van der Waals surface area contributed by atoms with E-state index < -0.39 is 52.6 Å². The van der Waals surface area contributed by atoms with E-state index >= 15 is 0 Å². The van der Waals surface area contributed by atoms with E-state index in [1.807, 2.05) is 5.32 Å². The molecule has 1 atom stereocenters. The van der Waals surface area contributed by atoms with Crippen molar-refractivity contribution in [2.24, 2.45) is 0 Å². The Labute approximate surface area is 97.6 Å². The molecule has 1 heterocycles. The van der Waals surface area contributed by atoms with Gasteiger partial charge in [-0.15, -0.1) is 0 Å². The number of hydrogen-bond donors (Lipinski definition) is 2. The number of aliphatic carboxylic acids is 1. The number of carbonyl (C=O) groups is 3. The Morgan fingerprint density at radius 1 is 1.53 bits per heavy atom. The number of sulfonamides is 1. The highest BCUT2D eigenvalue weighted by molar-refractivity contribution is 7.89. The fourth-order valence-corrected chi connectivity index (χ4v) is 2.92. The summed E-state index contributed by atoms with van der Waals surface area (Å²) in [6.45, 7) is 0.870. The average molecular weight is 264 g/mol. The predicted octanol–water partition coefficient (Wildman–Crippen LogP) is -1.86. The lowest BCUT2D eigenvalue weighted by Crippen LogP contribution is -2.58. The van der Waals surface area contributed by atoms with Gasteiger partial charge in [-0.25, -0.2) is 8.42 Å². The second kappa shape index (κ2) is 4.80. The lowest BCUT2D eigenvalue weighted by atomic mass is 10.2. The summed E-state index contributed by atoms with van der Waals surface area (Å²) in [5, 5.41) is 10.4. The largest absolute Gasteiger partial charge is 0.481 e. The van der Waals surface area contributed by atoms with Crippen LogP contribution < -0.4 is 5.32 Å². The smallest absolute Gasteiger partial charge is 0.304 e. The third-order valence-electron chi connectivity index (χ3n) is 2.30. The number of carbonyl (C=O) groups excluding carboxylic acids is 2. The van der Waals surface area contributed by atoms with Gasteiger partial charge in [-0.05, 0) is 6.92 Å². The van der Waals surface area contributed by atoms with Crippen LogP contribution in [-0.2, 0) is 24.4 Å². The molecular formula is C8H12N2O6S. The van der Waals surface area contributed by atoms with Gasteiger partial charge in [0.2, 0.25) is 21.8 Å². The molecular weight excluding hydrogens is 252 g/mol. The number of rotatable bonds is 4. The van der Waals surface area contributed by atoms with Gasteiger partial charge in [0.25, 0.3) is 0 Å². The van der Waals surface area contributed by atoms with Gasteiger partial charge in [0.05, 0.1) is 18.7 Å². The van der Waals surface area contributed by atoms with Gasteiger partial charge < -0.3 is 5.11 Å². The highest BCUT2D eigenvalue weighted by Gasteiger charge is 2.37. The first-order valence-electron chi connectivity index (χ1n) is 4.79. The van der Waals surface area contributed by atoms with Crippen LogP contribution in [0.25, 0.3) is 0 Å². The fraction of sp³-hybridized carbons (Fsp3) is 0.625. The van der Waals surface area contributed by atoms with Crippen LogP contribution in [0.5, 0.6) is 0 Å². The molecule has 1 aliphatic rings. The minimum absolute atomic E-state index is 0.463. The molecule has 0 radical (unpaired) electrons. The first kappa shape index (κ1) is 13.6. The Bertz CT molecular complexity index is 457. The summed E-state index contributed by atoms with van der Waals surface area (Å²) in [7, 11) is -3.92. The molecule has 0 aromatic heterocycles. The Balaban J connectivity index is 2.85. The van der Waals surface area contributed by atoms with E-state index in [9.17, 15) is 22.8 Å². The molecule has 1 aliphatic heterocycles. The molecule has 0 aromatic carbocycles. The topological polar surface area (TPSA) is 121 Å². The minimum Gasteiger partial charge on any atom is -0.481 e. The number of carboxylic acids is 1. The molecule has 1 saturated heterocycles. The Hall–Kier alpha value is -1.48. The van der Waals surface area contributed by atoms with Gasteiger partial charge in [0, 0.05) is 0 Å². The van der Waals surface area contributed by atoms with Crippen molar-refractivity contribution in [2.45, 2.75) is 19.4 Å². The number of amides is 2. The number of piperazine rings is 1. The van der Waals surface area contributed by atoms with Crippen molar-refractivity contribution in [3.8, 4) is 0 Å². The zero-order valence-electron chi connectivity index (χ0n) is 9.04. The van der Waals surface area contributed by atoms with Crippen LogP contribution in [0.1, 0.15) is 13.3 Å². The van der Waals surface area contributed by atoms with Crippen LogP contribution in [0.3, 0.4) is 0 Å². The van der Waals surface area contributed by atoms with E-state index in [0.717, 1.165) is 4.31 Å². The molecule has 1 rings (SSSR count). The Morgan fingerprint density at radius 2 is 2.12 bits per heavy atom. The Kier molecular flexibility index (Phi) is 3.83. The molecule has 0 saturated carbocycles. The second-order valence-electron chi connectivity index (χ2n) is 3.59. The van der Waals surface area contributed by atoms with E-state index in [4.69, 9.17) is 5.11 Å². The highest BCUT2D eigenvalue weighted by Crippen LogP contribution is 2.12. The van der Waals surface area contributed by atoms with Crippen LogP contribution in [0, 0.1) is 0 Å². The van der Waals surface area contributed by atoms with Crippen molar-refractivity contribution in [3.05, 3.63) is 0 Å². The van der Waals surface area contributed by atoms with E-state index in [-0.39, 0.29) is 0 Å². The van der Waals surface area contributed by atoms with Crippen LogP contribution in [0.4, 0.5) is 0 Å². The molecule has 96 valence electrons. The fourth-order valence-electron chi connectivity index (χ4n) is 1.36. The monoisotopic (exact) mass is 264 g/mol. The first-order valence-corrected chi connectivity index (χ1v) is 6.40. The highest BCUT2D eigenvalue weighted by atomic mass is 32.2. The minimum atomic E-state index is -3.92. The number of hydrogen-bond acceptors (Lipinski definition) is 5. The van der Waals surface area contributed by atoms with Crippen molar-refractivity contribution in [1.29, 1.82) is 0 Å². The number of carboxylic acid groups (broad SMARTS) is 1. The Morgan fingerprint density at radius 3 is 2.65 bits per heavy atom. The van der Waals surface area contributed by atoms with Crippen molar-refractivity contribution >= 4 is 27.8 Å². The lowest BCUT2D eigenvalue weighted by molar-refractivity contribution is -0.137. The summed E-state index contributed by atoms with van der Waals surface area (Å²) in [5.41, 5.74) is 0. The average Bonchev–Trinajstić information content (AvgIpc) is 2.20. The molecule has 1 fully saturated rings. The third kappa shape index (κ3) is 3.24. The molecule has 0 bridgehead atoms. The van der Waals surface area contributed by atoms with Gasteiger partial charge in [0.1, 0.15) is 6.04 Å². The van der Waals surface area contributed by atoms with Crippen LogP contribution in [0.2, 0.25) is 0 Å². The summed E-state index contributed by atoms with van der Waals surface area (Å²) in [6, 6.07) is -1.01. The SMILES string of the molecule is CC1C(=O)NC(=O)CN1S(=O)(=O)CCC(=O)O. The van der Waals surface area contributed by atoms with Crippen molar-refractivity contribution < 1.29 is 27.9 Å². The van der Waals surface area contributed by atoms with E-state index in [2.05, 4.69) is 0 Å². The van der Waals surface area contributed by atoms with Gasteiger partial charge >= 0.3 is 5.97 Å². The van der Waals surface area contributed by atoms with Gasteiger partial charge in [0.15, 0.2) is 0 Å². The van der Waals surface area contributed by atoms with Crippen LogP contribution >= 0.6 is 0 Å². The standard InChI is InChI=1S/C8H12N2O6S/c1-5-8(14)9-6(11)4-10(5)17(15,16)3-2-7(12)13/h5H,2-4H2,1H3,(H,12,13)(H,9,11,14). The lowest BCUT2D eigenvalue weighted by Gasteiger charge is -2.30. The second-order valence-corrected chi connectivity index (χ2v) is 5.63. The maximum Gasteiger partial charge on any atom is 0.304 e. The maximum atomic E-state index is 11.7.